The molecule has 4 nitrogen and oxygen atoms in total. The number of piperidine rings is 1. The number of thiophene rings is 1. The van der Waals surface area contributed by atoms with Crippen LogP contribution >= 0.6 is 22.7 Å². The Morgan fingerprint density at radius 1 is 1.33 bits per heavy atom. The van der Waals surface area contributed by atoms with Crippen molar-refractivity contribution in [3.8, 4) is 10.6 Å². The smallest absolute Gasteiger partial charge is 0.243 e. The molecule has 2 aromatic rings. The summed E-state index contributed by atoms with van der Waals surface area (Å²) >= 11 is 3.28. The van der Waals surface area contributed by atoms with Gasteiger partial charge in [-0.2, -0.15) is 0 Å². The van der Waals surface area contributed by atoms with E-state index in [0.29, 0.717) is 5.13 Å². The van der Waals surface area contributed by atoms with Gasteiger partial charge in [0.05, 0.1) is 16.6 Å². The molecule has 0 bridgehead atoms. The summed E-state index contributed by atoms with van der Waals surface area (Å²) in [5.74, 6) is 0.0392. The molecule has 0 spiro atoms. The zero-order chi connectivity index (χ0) is 14.8. The van der Waals surface area contributed by atoms with Crippen LogP contribution in [0.5, 0.6) is 0 Å². The molecule has 1 saturated heterocycles. The van der Waals surface area contributed by atoms with Crippen LogP contribution in [-0.2, 0) is 4.79 Å². The van der Waals surface area contributed by atoms with Crippen LogP contribution in [0.1, 0.15) is 29.0 Å². The third-order valence-corrected chi connectivity index (χ3v) is 5.52. The summed E-state index contributed by atoms with van der Waals surface area (Å²) in [6, 6.07) is 4.12. The Kier molecular flexibility index (Phi) is 4.37. The van der Waals surface area contributed by atoms with Crippen LogP contribution in [0, 0.1) is 13.8 Å². The molecule has 1 fully saturated rings. The maximum absolute atomic E-state index is 12.2. The molecule has 6 heteroatoms. The molecule has 2 aromatic heterocycles. The molecule has 1 amide bonds. The lowest BCUT2D eigenvalue weighted by atomic mass is 10.0. The molecule has 1 aliphatic rings. The van der Waals surface area contributed by atoms with Crippen molar-refractivity contribution >= 4 is 33.7 Å². The minimum Gasteiger partial charge on any atom is -0.306 e. The number of rotatable bonds is 3. The summed E-state index contributed by atoms with van der Waals surface area (Å²) in [4.78, 5) is 20.4. The highest BCUT2D eigenvalue weighted by Crippen LogP contribution is 2.34. The third-order valence-electron chi connectivity index (χ3n) is 3.63. The highest BCUT2D eigenvalue weighted by molar-refractivity contribution is 7.18. The molecule has 1 aliphatic heterocycles. The second-order valence-electron chi connectivity index (χ2n) is 5.33. The van der Waals surface area contributed by atoms with Gasteiger partial charge in [-0.1, -0.05) is 6.42 Å². The largest absolute Gasteiger partial charge is 0.306 e. The third kappa shape index (κ3) is 3.33. The van der Waals surface area contributed by atoms with Crippen LogP contribution in [0.4, 0.5) is 5.13 Å². The summed E-state index contributed by atoms with van der Waals surface area (Å²) in [5, 5.41) is 6.92. The van der Waals surface area contributed by atoms with Gasteiger partial charge in [0.15, 0.2) is 5.13 Å². The van der Waals surface area contributed by atoms with Gasteiger partial charge in [0.2, 0.25) is 5.91 Å². The van der Waals surface area contributed by atoms with Crippen molar-refractivity contribution in [1.29, 1.82) is 0 Å². The van der Waals surface area contributed by atoms with Crippen molar-refractivity contribution in [2.75, 3.05) is 11.9 Å². The minimum absolute atomic E-state index is 0.0392. The van der Waals surface area contributed by atoms with Crippen LogP contribution < -0.4 is 10.6 Å². The number of aromatic nitrogens is 1. The normalized spacial score (nSPS) is 18.7. The van der Waals surface area contributed by atoms with E-state index >= 15 is 0 Å². The van der Waals surface area contributed by atoms with Crippen molar-refractivity contribution in [1.82, 2.24) is 10.3 Å². The Hall–Kier alpha value is -1.24. The Bertz CT molecular complexity index is 641. The molecule has 0 aromatic carbocycles. The average molecular weight is 321 g/mol. The monoisotopic (exact) mass is 321 g/mol. The van der Waals surface area contributed by atoms with E-state index < -0.39 is 0 Å². The Morgan fingerprint density at radius 2 is 2.19 bits per heavy atom. The number of hydrogen-bond acceptors (Lipinski definition) is 5. The highest BCUT2D eigenvalue weighted by atomic mass is 32.1. The fourth-order valence-electron chi connectivity index (χ4n) is 2.51. The first-order chi connectivity index (χ1) is 10.1. The molecule has 1 unspecified atom stereocenters. The predicted octanol–water partition coefficient (Wildman–Crippen LogP) is 3.57. The van der Waals surface area contributed by atoms with Gasteiger partial charge < -0.3 is 10.6 Å². The highest BCUT2D eigenvalue weighted by Gasteiger charge is 2.22. The van der Waals surface area contributed by atoms with Gasteiger partial charge in [0, 0.05) is 9.75 Å². The molecule has 3 rings (SSSR count). The van der Waals surface area contributed by atoms with Crippen LogP contribution in [0.15, 0.2) is 12.1 Å². The summed E-state index contributed by atoms with van der Waals surface area (Å²) in [7, 11) is 0. The summed E-state index contributed by atoms with van der Waals surface area (Å²) < 4.78 is 0. The van der Waals surface area contributed by atoms with Gasteiger partial charge in [-0.05, 0) is 45.4 Å². The summed E-state index contributed by atoms with van der Waals surface area (Å²) in [6.07, 6.45) is 3.18. The molecule has 0 radical (unpaired) electrons. The molecule has 0 saturated carbocycles. The molecule has 0 aliphatic carbocycles. The van der Waals surface area contributed by atoms with E-state index in [4.69, 9.17) is 0 Å². The van der Waals surface area contributed by atoms with Gasteiger partial charge in [-0.3, -0.25) is 4.79 Å². The van der Waals surface area contributed by atoms with E-state index in [1.807, 2.05) is 0 Å². The number of aryl methyl sites for hydroxylation is 2. The van der Waals surface area contributed by atoms with E-state index in [-0.39, 0.29) is 11.9 Å². The topological polar surface area (TPSA) is 54.0 Å². The Morgan fingerprint density at radius 3 is 2.86 bits per heavy atom. The van der Waals surface area contributed by atoms with Crippen LogP contribution in [0.25, 0.3) is 10.6 Å². The van der Waals surface area contributed by atoms with Gasteiger partial charge >= 0.3 is 0 Å². The first kappa shape index (κ1) is 14.7. The van der Waals surface area contributed by atoms with E-state index in [0.717, 1.165) is 41.3 Å². The van der Waals surface area contributed by atoms with Gasteiger partial charge in [0.1, 0.15) is 0 Å². The fraction of sp³-hybridized carbons (Fsp3) is 0.467. The molecule has 3 heterocycles. The quantitative estimate of drug-likeness (QED) is 0.908. The first-order valence-electron chi connectivity index (χ1n) is 7.22. The van der Waals surface area contributed by atoms with Crippen molar-refractivity contribution in [3.05, 3.63) is 21.9 Å². The molecular weight excluding hydrogens is 302 g/mol. The summed E-state index contributed by atoms with van der Waals surface area (Å²) in [6.45, 7) is 5.07. The maximum atomic E-state index is 12.2. The van der Waals surface area contributed by atoms with Crippen molar-refractivity contribution in [2.24, 2.45) is 0 Å². The number of carbonyl (C=O) groups is 1. The number of nitrogens with one attached hydrogen (secondary N) is 2. The zero-order valence-electron chi connectivity index (χ0n) is 12.2. The number of carbonyl (C=O) groups excluding carboxylic acids is 1. The van der Waals surface area contributed by atoms with Gasteiger partial charge in [0.25, 0.3) is 0 Å². The lowest BCUT2D eigenvalue weighted by Gasteiger charge is -2.21. The average Bonchev–Trinajstić information content (AvgIpc) is 3.06. The van der Waals surface area contributed by atoms with Crippen molar-refractivity contribution < 1.29 is 4.79 Å². The van der Waals surface area contributed by atoms with Crippen LogP contribution in [-0.4, -0.2) is 23.5 Å². The second kappa shape index (κ2) is 6.25. The lowest BCUT2D eigenvalue weighted by Crippen LogP contribution is -2.43. The van der Waals surface area contributed by atoms with Gasteiger partial charge in [-0.25, -0.2) is 4.98 Å². The zero-order valence-corrected chi connectivity index (χ0v) is 13.9. The molecule has 21 heavy (non-hydrogen) atoms. The SMILES string of the molecule is Cc1ccc(-c2nc(NC(=O)C3CCCCN3)sc2C)s1. The lowest BCUT2D eigenvalue weighted by molar-refractivity contribution is -0.118. The Labute approximate surface area is 132 Å². The summed E-state index contributed by atoms with van der Waals surface area (Å²) in [5.41, 5.74) is 0.991. The molecule has 1 atom stereocenters. The second-order valence-corrected chi connectivity index (χ2v) is 7.82. The van der Waals surface area contributed by atoms with Crippen molar-refractivity contribution in [2.45, 2.75) is 39.2 Å². The van der Waals surface area contributed by atoms with Gasteiger partial charge in [-0.15, -0.1) is 22.7 Å². The number of amides is 1. The van der Waals surface area contributed by atoms with Crippen LogP contribution in [0.2, 0.25) is 0 Å². The standard InChI is InChI=1S/C15H19N3OS2/c1-9-6-7-12(20-9)13-10(2)21-15(17-13)18-14(19)11-5-3-4-8-16-11/h6-7,11,16H,3-5,8H2,1-2H3,(H,17,18,19). The van der Waals surface area contributed by atoms with E-state index in [1.165, 1.54) is 4.88 Å². The fourth-order valence-corrected chi connectivity index (χ4v) is 4.32. The van der Waals surface area contributed by atoms with E-state index in [9.17, 15) is 4.79 Å². The number of anilines is 1. The van der Waals surface area contributed by atoms with Crippen molar-refractivity contribution in [3.63, 3.8) is 0 Å². The Balaban J connectivity index is 1.73. The van der Waals surface area contributed by atoms with E-state index in [1.54, 1.807) is 22.7 Å². The first-order valence-corrected chi connectivity index (χ1v) is 8.85. The van der Waals surface area contributed by atoms with E-state index in [2.05, 4.69) is 41.6 Å². The molecule has 2 N–H and O–H groups in total. The molecule has 112 valence electrons. The van der Waals surface area contributed by atoms with Crippen LogP contribution in [0.3, 0.4) is 0 Å². The predicted molar refractivity (Wildman–Crippen MR) is 89.2 cm³/mol. The number of hydrogen-bond donors (Lipinski definition) is 2. The number of thiazole rings is 1. The minimum atomic E-state index is -0.0737. The number of nitrogens with zero attached hydrogens (tertiary/aromatic N) is 1. The molecular formula is C15H19N3OS2. The maximum Gasteiger partial charge on any atom is 0.243 e.